The van der Waals surface area contributed by atoms with E-state index in [1.807, 2.05) is 43.3 Å². The summed E-state index contributed by atoms with van der Waals surface area (Å²) in [7, 11) is 0. The highest BCUT2D eigenvalue weighted by molar-refractivity contribution is 6.01. The molecule has 1 N–H and O–H groups in total. The first-order chi connectivity index (χ1) is 13.5. The van der Waals surface area contributed by atoms with Crippen LogP contribution in [0.4, 0.5) is 0 Å². The van der Waals surface area contributed by atoms with Crippen molar-refractivity contribution in [3.8, 4) is 5.75 Å². The van der Waals surface area contributed by atoms with Gasteiger partial charge in [0.1, 0.15) is 5.75 Å². The molecule has 0 aliphatic heterocycles. The third kappa shape index (κ3) is 6.84. The lowest BCUT2D eigenvalue weighted by atomic mass is 10.0. The fraction of sp³-hybridized carbons (Fsp3) is 0.417. The van der Waals surface area contributed by atoms with Gasteiger partial charge in [-0.05, 0) is 48.4 Å². The van der Waals surface area contributed by atoms with Crippen LogP contribution in [0, 0.1) is 6.92 Å². The van der Waals surface area contributed by atoms with Crippen molar-refractivity contribution in [3.63, 3.8) is 0 Å². The molecule has 4 nitrogen and oxygen atoms in total. The van der Waals surface area contributed by atoms with Gasteiger partial charge < -0.3 is 4.74 Å². The Bertz CT molecular complexity index is 782. The summed E-state index contributed by atoms with van der Waals surface area (Å²) in [5.74, 6) is 0.848. The third-order valence-corrected chi connectivity index (χ3v) is 4.59. The fourth-order valence-corrected chi connectivity index (χ4v) is 2.99. The number of hydrogen-bond acceptors (Lipinski definition) is 3. The van der Waals surface area contributed by atoms with Crippen LogP contribution in [0.15, 0.2) is 53.6 Å². The van der Waals surface area contributed by atoms with Gasteiger partial charge in [-0.15, -0.1) is 0 Å². The number of benzene rings is 2. The first-order valence-corrected chi connectivity index (χ1v) is 10.2. The first-order valence-electron chi connectivity index (χ1n) is 10.2. The molecule has 0 fully saturated rings. The van der Waals surface area contributed by atoms with Gasteiger partial charge in [0.2, 0.25) is 0 Å². The van der Waals surface area contributed by atoms with Gasteiger partial charge in [0, 0.05) is 0 Å². The molecule has 0 atom stereocenters. The lowest BCUT2D eigenvalue weighted by Crippen LogP contribution is -2.26. The summed E-state index contributed by atoms with van der Waals surface area (Å²) >= 11 is 0. The highest BCUT2D eigenvalue weighted by Gasteiger charge is 2.11. The van der Waals surface area contributed by atoms with Gasteiger partial charge in [-0.2, -0.15) is 5.10 Å². The van der Waals surface area contributed by atoms with Crippen LogP contribution in [0.2, 0.25) is 0 Å². The number of carbonyl (C=O) groups excluding carboxylic acids is 1. The number of amides is 1. The molecule has 0 spiro atoms. The molecule has 0 heterocycles. The van der Waals surface area contributed by atoms with Gasteiger partial charge in [-0.1, -0.05) is 76.1 Å². The number of unbranched alkanes of at least 4 members (excludes halogenated alkanes) is 2. The smallest absolute Gasteiger partial charge is 0.277 e. The molecule has 0 aliphatic rings. The molecule has 0 bridgehead atoms. The lowest BCUT2D eigenvalue weighted by molar-refractivity contribution is -0.123. The fourth-order valence-electron chi connectivity index (χ4n) is 2.99. The van der Waals surface area contributed by atoms with Crippen molar-refractivity contribution in [2.75, 3.05) is 6.61 Å². The molecule has 0 saturated heterocycles. The van der Waals surface area contributed by atoms with Gasteiger partial charge in [0.05, 0.1) is 5.71 Å². The molecule has 0 unspecified atom stereocenters. The van der Waals surface area contributed by atoms with Crippen LogP contribution in [0.1, 0.15) is 69.1 Å². The Labute approximate surface area is 169 Å². The zero-order valence-corrected chi connectivity index (χ0v) is 17.5. The molecule has 2 rings (SSSR count). The minimum absolute atomic E-state index is 0.0519. The Hall–Kier alpha value is -2.62. The van der Waals surface area contributed by atoms with E-state index in [1.165, 1.54) is 0 Å². The van der Waals surface area contributed by atoms with Gasteiger partial charge in [0.25, 0.3) is 5.91 Å². The van der Waals surface area contributed by atoms with Crippen molar-refractivity contribution in [1.29, 1.82) is 0 Å². The predicted molar refractivity (Wildman–Crippen MR) is 116 cm³/mol. The topological polar surface area (TPSA) is 50.7 Å². The molecule has 0 aliphatic carbocycles. The quantitative estimate of drug-likeness (QED) is 0.331. The van der Waals surface area contributed by atoms with Gasteiger partial charge in [-0.25, -0.2) is 5.43 Å². The van der Waals surface area contributed by atoms with Crippen LogP contribution in [-0.2, 0) is 4.79 Å². The van der Waals surface area contributed by atoms with Crippen molar-refractivity contribution in [1.82, 2.24) is 5.43 Å². The number of aryl methyl sites for hydroxylation is 1. The van der Waals surface area contributed by atoms with E-state index in [0.29, 0.717) is 5.92 Å². The summed E-state index contributed by atoms with van der Waals surface area (Å²) in [6.07, 6.45) is 4.19. The van der Waals surface area contributed by atoms with Gasteiger partial charge >= 0.3 is 0 Å². The molecule has 28 heavy (non-hydrogen) atoms. The number of hydrazone groups is 1. The van der Waals surface area contributed by atoms with E-state index in [1.54, 1.807) is 0 Å². The molecular weight excluding hydrogens is 348 g/mol. The van der Waals surface area contributed by atoms with Crippen LogP contribution in [0.3, 0.4) is 0 Å². The van der Waals surface area contributed by atoms with Crippen LogP contribution in [0.5, 0.6) is 5.75 Å². The Morgan fingerprint density at radius 1 is 1.11 bits per heavy atom. The average Bonchev–Trinajstić information content (AvgIpc) is 2.69. The second kappa shape index (κ2) is 11.3. The summed E-state index contributed by atoms with van der Waals surface area (Å²) in [4.78, 5) is 12.3. The van der Waals surface area contributed by atoms with E-state index in [-0.39, 0.29) is 12.5 Å². The van der Waals surface area contributed by atoms with Gasteiger partial charge in [-0.3, -0.25) is 4.79 Å². The molecule has 150 valence electrons. The van der Waals surface area contributed by atoms with Crippen LogP contribution >= 0.6 is 0 Å². The molecule has 0 saturated carbocycles. The summed E-state index contributed by atoms with van der Waals surface area (Å²) in [5.41, 5.74) is 6.83. The standard InChI is InChI=1S/C24H32N2O2/c1-5-6-8-13-22(20-11-9-7-10-12-20)25-26-24(27)17-28-23-16-19(4)14-15-21(23)18(2)3/h7,9-12,14-16,18H,5-6,8,13,17H2,1-4H3,(H,26,27). The predicted octanol–water partition coefficient (Wildman–Crippen LogP) is 5.60. The normalized spacial score (nSPS) is 11.5. The van der Waals surface area contributed by atoms with E-state index >= 15 is 0 Å². The average molecular weight is 381 g/mol. The maximum atomic E-state index is 12.3. The summed E-state index contributed by atoms with van der Waals surface area (Å²) in [6, 6.07) is 16.1. The molecule has 2 aromatic rings. The third-order valence-electron chi connectivity index (χ3n) is 4.59. The molecular formula is C24H32N2O2. The van der Waals surface area contributed by atoms with Crippen LogP contribution < -0.4 is 10.2 Å². The Morgan fingerprint density at radius 2 is 1.86 bits per heavy atom. The lowest BCUT2D eigenvalue weighted by Gasteiger charge is -2.14. The van der Waals surface area contributed by atoms with E-state index in [0.717, 1.165) is 53.8 Å². The van der Waals surface area contributed by atoms with Crippen molar-refractivity contribution in [2.45, 2.75) is 59.3 Å². The Morgan fingerprint density at radius 3 is 2.54 bits per heavy atom. The second-order valence-corrected chi connectivity index (χ2v) is 7.40. The largest absolute Gasteiger partial charge is 0.483 e. The zero-order chi connectivity index (χ0) is 20.4. The van der Waals surface area contributed by atoms with Crippen molar-refractivity contribution in [3.05, 3.63) is 65.2 Å². The maximum Gasteiger partial charge on any atom is 0.277 e. The van der Waals surface area contributed by atoms with Crippen molar-refractivity contribution in [2.24, 2.45) is 5.10 Å². The van der Waals surface area contributed by atoms with E-state index in [2.05, 4.69) is 43.4 Å². The van der Waals surface area contributed by atoms with Crippen molar-refractivity contribution >= 4 is 11.6 Å². The Kier molecular flexibility index (Phi) is 8.73. The number of nitrogens with one attached hydrogen (secondary N) is 1. The molecule has 4 heteroatoms. The molecule has 0 radical (unpaired) electrons. The Balaban J connectivity index is 2.01. The summed E-state index contributed by atoms with van der Waals surface area (Å²) in [5, 5.41) is 4.39. The second-order valence-electron chi connectivity index (χ2n) is 7.40. The number of rotatable bonds is 10. The van der Waals surface area contributed by atoms with Gasteiger partial charge in [0.15, 0.2) is 6.61 Å². The first kappa shape index (κ1) is 21.7. The minimum Gasteiger partial charge on any atom is -0.483 e. The molecule has 1 amide bonds. The van der Waals surface area contributed by atoms with Crippen LogP contribution in [0.25, 0.3) is 0 Å². The highest BCUT2D eigenvalue weighted by atomic mass is 16.5. The number of ether oxygens (including phenoxy) is 1. The monoisotopic (exact) mass is 380 g/mol. The number of hydrogen-bond donors (Lipinski definition) is 1. The van der Waals surface area contributed by atoms with E-state index < -0.39 is 0 Å². The zero-order valence-electron chi connectivity index (χ0n) is 17.5. The van der Waals surface area contributed by atoms with E-state index in [9.17, 15) is 4.79 Å². The number of nitrogens with zero attached hydrogens (tertiary/aromatic N) is 1. The highest BCUT2D eigenvalue weighted by Crippen LogP contribution is 2.27. The number of carbonyl (C=O) groups is 1. The maximum absolute atomic E-state index is 12.3. The summed E-state index contributed by atoms with van der Waals surface area (Å²) in [6.45, 7) is 8.37. The molecule has 0 aromatic heterocycles. The van der Waals surface area contributed by atoms with E-state index in [4.69, 9.17) is 4.74 Å². The van der Waals surface area contributed by atoms with Crippen LogP contribution in [-0.4, -0.2) is 18.2 Å². The molecule has 2 aromatic carbocycles. The minimum atomic E-state index is -0.250. The summed E-state index contributed by atoms with van der Waals surface area (Å²) < 4.78 is 5.80. The van der Waals surface area contributed by atoms with Crippen molar-refractivity contribution < 1.29 is 9.53 Å². The SMILES string of the molecule is CCCCCC(=NNC(=O)COc1cc(C)ccc1C(C)C)c1ccccc1.